The summed E-state index contributed by atoms with van der Waals surface area (Å²) in [6, 6.07) is 18.1. The summed E-state index contributed by atoms with van der Waals surface area (Å²) in [4.78, 5) is 24.7. The molecule has 0 saturated heterocycles. The number of esters is 1. The lowest BCUT2D eigenvalue weighted by molar-refractivity contribution is -0.127. The molecule has 3 aromatic carbocycles. The third-order valence-electron chi connectivity index (χ3n) is 4.13. The first kappa shape index (κ1) is 23.8. The summed E-state index contributed by atoms with van der Waals surface area (Å²) < 4.78 is 11.8. The van der Waals surface area contributed by atoms with Crippen molar-refractivity contribution in [3.8, 4) is 11.5 Å². The molecule has 0 radical (unpaired) electrons. The summed E-state index contributed by atoms with van der Waals surface area (Å²) in [7, 11) is 0. The van der Waals surface area contributed by atoms with Crippen LogP contribution >= 0.6 is 39.1 Å². The second-order valence-corrected chi connectivity index (χ2v) is 8.32. The summed E-state index contributed by atoms with van der Waals surface area (Å²) in [6.07, 6.45) is 0.584. The third-order valence-corrected chi connectivity index (χ3v) is 5.13. The molecule has 0 aliphatic heterocycles. The van der Waals surface area contributed by atoms with E-state index in [9.17, 15) is 9.59 Å². The van der Waals surface area contributed by atoms with Gasteiger partial charge in [0.05, 0.1) is 11.8 Å². The molecule has 0 aliphatic carbocycles. The third kappa shape index (κ3) is 6.82. The van der Waals surface area contributed by atoms with Gasteiger partial charge in [-0.1, -0.05) is 39.1 Å². The summed E-state index contributed by atoms with van der Waals surface area (Å²) in [5.74, 6) is -0.223. The highest BCUT2D eigenvalue weighted by atomic mass is 79.9. The quantitative estimate of drug-likeness (QED) is 0.177. The van der Waals surface area contributed by atoms with Crippen LogP contribution in [0.1, 0.15) is 22.8 Å². The topological polar surface area (TPSA) is 77.0 Å². The highest BCUT2D eigenvalue weighted by molar-refractivity contribution is 9.10. The fraction of sp³-hybridized carbons (Fsp3) is 0.0870. The molecule has 1 atom stereocenters. The Morgan fingerprint density at radius 3 is 2.28 bits per heavy atom. The van der Waals surface area contributed by atoms with Crippen LogP contribution in [-0.4, -0.2) is 24.2 Å². The molecule has 3 rings (SSSR count). The lowest BCUT2D eigenvalue weighted by Gasteiger charge is -2.13. The van der Waals surface area contributed by atoms with Gasteiger partial charge >= 0.3 is 5.97 Å². The fourth-order valence-corrected chi connectivity index (χ4v) is 3.12. The van der Waals surface area contributed by atoms with Crippen LogP contribution in [0.2, 0.25) is 10.0 Å². The SMILES string of the molecule is CC(Oc1ccc(Cl)cc1)C(=O)NN=Cc1cc(Br)ccc1OC(=O)c1ccc(Cl)cc1. The van der Waals surface area contributed by atoms with E-state index in [1.807, 2.05) is 0 Å². The maximum absolute atomic E-state index is 12.4. The monoisotopic (exact) mass is 534 g/mol. The number of halogens is 3. The highest BCUT2D eigenvalue weighted by Crippen LogP contribution is 2.23. The van der Waals surface area contributed by atoms with Crippen molar-refractivity contribution in [3.05, 3.63) is 92.4 Å². The molecule has 0 fully saturated rings. The predicted molar refractivity (Wildman–Crippen MR) is 128 cm³/mol. The van der Waals surface area contributed by atoms with Gasteiger partial charge in [0.1, 0.15) is 11.5 Å². The molecule has 9 heteroatoms. The number of amides is 1. The minimum atomic E-state index is -0.793. The Bertz CT molecular complexity index is 1140. The standard InChI is InChI=1S/C23H17BrCl2N2O4/c1-14(31-20-9-7-19(26)8-10-20)22(29)28-27-13-16-12-17(24)4-11-21(16)32-23(30)15-2-5-18(25)6-3-15/h2-14H,1H3,(H,28,29). The van der Waals surface area contributed by atoms with Crippen LogP contribution in [0.25, 0.3) is 0 Å². The molecular formula is C23H17BrCl2N2O4. The number of rotatable bonds is 7. The highest BCUT2D eigenvalue weighted by Gasteiger charge is 2.15. The summed E-state index contributed by atoms with van der Waals surface area (Å²) >= 11 is 15.1. The van der Waals surface area contributed by atoms with Crippen LogP contribution in [-0.2, 0) is 4.79 Å². The summed E-state index contributed by atoms with van der Waals surface area (Å²) in [5.41, 5.74) is 3.24. The number of benzene rings is 3. The van der Waals surface area contributed by atoms with Crippen molar-refractivity contribution >= 4 is 57.2 Å². The smallest absolute Gasteiger partial charge is 0.343 e. The molecule has 0 spiro atoms. The molecule has 0 heterocycles. The Morgan fingerprint density at radius 1 is 1.00 bits per heavy atom. The molecule has 6 nitrogen and oxygen atoms in total. The van der Waals surface area contributed by atoms with Gasteiger partial charge in [0.2, 0.25) is 0 Å². The zero-order valence-corrected chi connectivity index (χ0v) is 19.8. The molecule has 164 valence electrons. The molecule has 0 bridgehead atoms. The first-order chi connectivity index (χ1) is 15.3. The number of hydrogen-bond acceptors (Lipinski definition) is 5. The Balaban J connectivity index is 1.65. The van der Waals surface area contributed by atoms with Gasteiger partial charge < -0.3 is 9.47 Å². The maximum Gasteiger partial charge on any atom is 0.343 e. The largest absolute Gasteiger partial charge is 0.481 e. The zero-order valence-electron chi connectivity index (χ0n) is 16.7. The van der Waals surface area contributed by atoms with E-state index in [2.05, 4.69) is 26.5 Å². The number of nitrogens with zero attached hydrogens (tertiary/aromatic N) is 1. The molecule has 32 heavy (non-hydrogen) atoms. The van der Waals surface area contributed by atoms with E-state index >= 15 is 0 Å². The maximum atomic E-state index is 12.4. The van der Waals surface area contributed by atoms with Crippen LogP contribution in [0.15, 0.2) is 76.3 Å². The fourth-order valence-electron chi connectivity index (χ4n) is 2.49. The van der Waals surface area contributed by atoms with Gasteiger partial charge in [-0.15, -0.1) is 0 Å². The van der Waals surface area contributed by atoms with E-state index in [1.165, 1.54) is 6.21 Å². The number of nitrogens with one attached hydrogen (secondary N) is 1. The molecule has 1 N–H and O–H groups in total. The van der Waals surface area contributed by atoms with E-state index in [-0.39, 0.29) is 5.75 Å². The second-order valence-electron chi connectivity index (χ2n) is 6.53. The van der Waals surface area contributed by atoms with Gasteiger partial charge in [0, 0.05) is 20.1 Å². The number of hydrazone groups is 1. The normalized spacial score (nSPS) is 11.8. The Hall–Kier alpha value is -2.87. The van der Waals surface area contributed by atoms with Crippen LogP contribution < -0.4 is 14.9 Å². The number of carbonyl (C=O) groups excluding carboxylic acids is 2. The van der Waals surface area contributed by atoms with Gasteiger partial charge in [-0.25, -0.2) is 10.2 Å². The van der Waals surface area contributed by atoms with Crippen LogP contribution in [0.5, 0.6) is 11.5 Å². The van der Waals surface area contributed by atoms with Crippen molar-refractivity contribution in [3.63, 3.8) is 0 Å². The first-order valence-corrected chi connectivity index (χ1v) is 10.9. The van der Waals surface area contributed by atoms with E-state index in [4.69, 9.17) is 32.7 Å². The molecule has 0 saturated carbocycles. The van der Waals surface area contributed by atoms with Crippen molar-refractivity contribution in [2.24, 2.45) is 5.10 Å². The van der Waals surface area contributed by atoms with Crippen LogP contribution in [0, 0.1) is 0 Å². The van der Waals surface area contributed by atoms with E-state index < -0.39 is 18.0 Å². The van der Waals surface area contributed by atoms with Crippen molar-refractivity contribution < 1.29 is 19.1 Å². The lowest BCUT2D eigenvalue weighted by atomic mass is 10.2. The predicted octanol–water partition coefficient (Wildman–Crippen LogP) is 5.89. The van der Waals surface area contributed by atoms with Crippen molar-refractivity contribution in [2.45, 2.75) is 13.0 Å². The van der Waals surface area contributed by atoms with Gasteiger partial charge in [0.25, 0.3) is 5.91 Å². The van der Waals surface area contributed by atoms with Gasteiger partial charge in [-0.2, -0.15) is 5.10 Å². The minimum absolute atomic E-state index is 0.275. The average Bonchev–Trinajstić information content (AvgIpc) is 2.77. The molecule has 0 aromatic heterocycles. The molecule has 3 aromatic rings. The van der Waals surface area contributed by atoms with Gasteiger partial charge in [-0.3, -0.25) is 4.79 Å². The van der Waals surface area contributed by atoms with Gasteiger partial charge in [-0.05, 0) is 73.7 Å². The van der Waals surface area contributed by atoms with Crippen molar-refractivity contribution in [1.82, 2.24) is 5.43 Å². The average molecular weight is 536 g/mol. The molecule has 1 unspecified atom stereocenters. The lowest BCUT2D eigenvalue weighted by Crippen LogP contribution is -2.33. The van der Waals surface area contributed by atoms with Crippen LogP contribution in [0.4, 0.5) is 0 Å². The minimum Gasteiger partial charge on any atom is -0.481 e. The van der Waals surface area contributed by atoms with E-state index in [0.717, 1.165) is 4.47 Å². The van der Waals surface area contributed by atoms with Crippen molar-refractivity contribution in [1.29, 1.82) is 0 Å². The van der Waals surface area contributed by atoms with E-state index in [0.29, 0.717) is 26.9 Å². The molecular weight excluding hydrogens is 519 g/mol. The van der Waals surface area contributed by atoms with E-state index in [1.54, 1.807) is 73.7 Å². The Morgan fingerprint density at radius 2 is 1.62 bits per heavy atom. The summed E-state index contributed by atoms with van der Waals surface area (Å²) in [5, 5.41) is 5.04. The number of ether oxygens (including phenoxy) is 2. The number of hydrogen-bond donors (Lipinski definition) is 1. The first-order valence-electron chi connectivity index (χ1n) is 9.34. The summed E-state index contributed by atoms with van der Waals surface area (Å²) in [6.45, 7) is 1.60. The second kappa shape index (κ2) is 11.1. The Labute approximate surface area is 203 Å². The van der Waals surface area contributed by atoms with Gasteiger partial charge in [0.15, 0.2) is 6.10 Å². The van der Waals surface area contributed by atoms with Crippen molar-refractivity contribution in [2.75, 3.05) is 0 Å². The number of carbonyl (C=O) groups is 2. The Kier molecular flexibility index (Phi) is 8.27. The molecule has 0 aliphatic rings. The van der Waals surface area contributed by atoms with Crippen LogP contribution in [0.3, 0.4) is 0 Å². The zero-order chi connectivity index (χ0) is 23.1. The molecule has 1 amide bonds.